The van der Waals surface area contributed by atoms with Crippen molar-refractivity contribution in [3.05, 3.63) is 35.2 Å². The van der Waals surface area contributed by atoms with Gasteiger partial charge in [-0.05, 0) is 30.4 Å². The number of hydrogen-bond donors (Lipinski definition) is 2. The highest BCUT2D eigenvalue weighted by atomic mass is 32.1. The van der Waals surface area contributed by atoms with Gasteiger partial charge in [0.15, 0.2) is 6.10 Å². The van der Waals surface area contributed by atoms with Gasteiger partial charge in [0.1, 0.15) is 5.92 Å². The summed E-state index contributed by atoms with van der Waals surface area (Å²) in [5, 5.41) is 3.59. The smallest absolute Gasteiger partial charge is 0.405 e. The first-order chi connectivity index (χ1) is 14.8. The topological polar surface area (TPSA) is 122 Å². The maximum absolute atomic E-state index is 13.1. The number of hydrogen-bond acceptors (Lipinski definition) is 6. The van der Waals surface area contributed by atoms with E-state index in [1.165, 1.54) is 23.3 Å². The molecule has 164 valence electrons. The predicted molar refractivity (Wildman–Crippen MR) is 114 cm³/mol. The van der Waals surface area contributed by atoms with Crippen molar-refractivity contribution in [2.24, 2.45) is 11.7 Å². The lowest BCUT2D eigenvalue weighted by molar-refractivity contribution is -0.137. The van der Waals surface area contributed by atoms with Gasteiger partial charge in [-0.1, -0.05) is 18.2 Å². The first-order valence-electron chi connectivity index (χ1n) is 10.0. The average molecular weight is 445 g/mol. The lowest BCUT2D eigenvalue weighted by atomic mass is 9.75. The number of benzene rings is 1. The quantitative estimate of drug-likeness (QED) is 0.736. The zero-order valence-electron chi connectivity index (χ0n) is 17.3. The number of primary amides is 1. The number of fused-ring (bicyclic) bond motifs is 1. The van der Waals surface area contributed by atoms with Crippen LogP contribution in [0.25, 0.3) is 10.1 Å². The van der Waals surface area contributed by atoms with Gasteiger partial charge in [-0.2, -0.15) is 0 Å². The maximum atomic E-state index is 13.1. The Morgan fingerprint density at radius 3 is 2.52 bits per heavy atom. The number of nitrogens with one attached hydrogen (secondary N) is 1. The summed E-state index contributed by atoms with van der Waals surface area (Å²) in [6.45, 7) is 0.753. The molecule has 2 fully saturated rings. The Bertz CT molecular complexity index is 1030. The number of carbonyl (C=O) groups is 4. The van der Waals surface area contributed by atoms with Gasteiger partial charge >= 0.3 is 6.09 Å². The minimum Gasteiger partial charge on any atom is -0.435 e. The highest BCUT2D eigenvalue weighted by Gasteiger charge is 2.62. The third kappa shape index (κ3) is 3.40. The molecule has 3 N–H and O–H groups in total. The van der Waals surface area contributed by atoms with E-state index in [0.29, 0.717) is 30.8 Å². The molecule has 9 nitrogen and oxygen atoms in total. The molecule has 31 heavy (non-hydrogen) atoms. The van der Waals surface area contributed by atoms with Crippen LogP contribution in [0.4, 0.5) is 4.79 Å². The van der Waals surface area contributed by atoms with Crippen LogP contribution in [-0.4, -0.2) is 72.4 Å². The highest BCUT2D eigenvalue weighted by molar-refractivity contribution is 7.20. The van der Waals surface area contributed by atoms with Crippen molar-refractivity contribution < 1.29 is 23.9 Å². The average Bonchev–Trinajstić information content (AvgIpc) is 3.28. The van der Waals surface area contributed by atoms with Crippen molar-refractivity contribution in [1.29, 1.82) is 0 Å². The number of thiophene rings is 1. The van der Waals surface area contributed by atoms with E-state index in [9.17, 15) is 19.2 Å². The monoisotopic (exact) mass is 444 g/mol. The number of ether oxygens (including phenoxy) is 1. The van der Waals surface area contributed by atoms with Crippen LogP contribution in [0, 0.1) is 5.92 Å². The zero-order chi connectivity index (χ0) is 22.3. The SMILES string of the molecule is CNC(=O)[C@@H]1[C@@H](OC(N)=O)C(=O)N(C)C12CCN(C(=O)c1cc3ccccc3s1)CC2. The molecule has 4 amide bonds. The van der Waals surface area contributed by atoms with E-state index in [4.69, 9.17) is 10.5 Å². The third-order valence-corrected chi connectivity index (χ3v) is 7.55. The van der Waals surface area contributed by atoms with Gasteiger partial charge in [-0.25, -0.2) is 4.79 Å². The Labute approximate surface area is 183 Å². The van der Waals surface area contributed by atoms with Crippen LogP contribution in [0.3, 0.4) is 0 Å². The number of nitrogens with zero attached hydrogens (tertiary/aromatic N) is 2. The molecule has 2 atom stereocenters. The predicted octanol–water partition coefficient (Wildman–Crippen LogP) is 1.17. The minimum atomic E-state index is -1.27. The van der Waals surface area contributed by atoms with Gasteiger partial charge in [0.05, 0.1) is 10.4 Å². The standard InChI is InChI=1S/C21H24N4O5S/c1-23-17(26)15-16(30-20(22)29)19(28)24(2)21(15)7-9-25(10-8-21)18(27)14-11-12-5-3-4-6-13(12)31-14/h3-6,11,15-16H,7-10H2,1-2H3,(H2,22,29)(H,23,26)/t15-,16+/m0/s1. The summed E-state index contributed by atoms with van der Waals surface area (Å²) < 4.78 is 6.09. The molecule has 10 heteroatoms. The maximum Gasteiger partial charge on any atom is 0.405 e. The van der Waals surface area contributed by atoms with Crippen molar-refractivity contribution >= 4 is 45.2 Å². The van der Waals surface area contributed by atoms with Crippen LogP contribution < -0.4 is 11.1 Å². The van der Waals surface area contributed by atoms with E-state index in [2.05, 4.69) is 5.32 Å². The fourth-order valence-electron chi connectivity index (χ4n) is 4.81. The van der Waals surface area contributed by atoms with E-state index in [0.717, 1.165) is 10.1 Å². The van der Waals surface area contributed by atoms with Gasteiger partial charge in [0, 0.05) is 31.9 Å². The molecule has 2 aliphatic rings. The van der Waals surface area contributed by atoms with Gasteiger partial charge in [-0.3, -0.25) is 14.4 Å². The van der Waals surface area contributed by atoms with E-state index < -0.39 is 35.5 Å². The first kappa shape index (κ1) is 21.1. The fraction of sp³-hybridized carbons (Fsp3) is 0.429. The number of carbonyl (C=O) groups excluding carboxylic acids is 4. The van der Waals surface area contributed by atoms with Crippen molar-refractivity contribution in [1.82, 2.24) is 15.1 Å². The summed E-state index contributed by atoms with van der Waals surface area (Å²) in [6, 6.07) is 9.72. The van der Waals surface area contributed by atoms with E-state index in [1.54, 1.807) is 11.9 Å². The summed E-state index contributed by atoms with van der Waals surface area (Å²) in [5.41, 5.74) is 4.29. The summed E-state index contributed by atoms with van der Waals surface area (Å²) in [7, 11) is 3.08. The molecule has 0 saturated carbocycles. The molecule has 1 aromatic heterocycles. The Balaban J connectivity index is 1.57. The van der Waals surface area contributed by atoms with Crippen molar-refractivity contribution in [2.75, 3.05) is 27.2 Å². The van der Waals surface area contributed by atoms with Crippen LogP contribution in [0.1, 0.15) is 22.5 Å². The largest absolute Gasteiger partial charge is 0.435 e. The second-order valence-electron chi connectivity index (χ2n) is 7.89. The molecule has 1 spiro atoms. The van der Waals surface area contributed by atoms with Crippen LogP contribution in [0.15, 0.2) is 30.3 Å². The number of likely N-dealkylation sites (N-methyl/N-ethyl adjacent to an activating group) is 1. The van der Waals surface area contributed by atoms with E-state index >= 15 is 0 Å². The molecular formula is C21H24N4O5S. The van der Waals surface area contributed by atoms with Gasteiger partial charge in [-0.15, -0.1) is 11.3 Å². The molecule has 2 aliphatic heterocycles. The van der Waals surface area contributed by atoms with Crippen LogP contribution in [0.5, 0.6) is 0 Å². The molecular weight excluding hydrogens is 420 g/mol. The van der Waals surface area contributed by atoms with Gasteiger partial charge in [0.2, 0.25) is 5.91 Å². The highest BCUT2D eigenvalue weighted by Crippen LogP contribution is 2.44. The fourth-order valence-corrected chi connectivity index (χ4v) is 5.84. The molecule has 2 aromatic rings. The first-order valence-corrected chi connectivity index (χ1v) is 10.8. The lowest BCUT2D eigenvalue weighted by Crippen LogP contribution is -2.58. The summed E-state index contributed by atoms with van der Waals surface area (Å²) >= 11 is 1.45. The van der Waals surface area contributed by atoms with Gasteiger partial charge < -0.3 is 25.6 Å². The summed E-state index contributed by atoms with van der Waals surface area (Å²) in [4.78, 5) is 53.9. The van der Waals surface area contributed by atoms with Gasteiger partial charge in [0.25, 0.3) is 11.8 Å². The Morgan fingerprint density at radius 2 is 1.90 bits per heavy atom. The molecule has 3 heterocycles. The second-order valence-corrected chi connectivity index (χ2v) is 8.97. The zero-order valence-corrected chi connectivity index (χ0v) is 18.1. The van der Waals surface area contributed by atoms with Crippen molar-refractivity contribution in [3.8, 4) is 0 Å². The molecule has 0 bridgehead atoms. The molecule has 0 radical (unpaired) electrons. The number of rotatable bonds is 3. The van der Waals surface area contributed by atoms with Crippen molar-refractivity contribution in [3.63, 3.8) is 0 Å². The summed E-state index contributed by atoms with van der Waals surface area (Å²) in [6.07, 6.45) is -1.59. The van der Waals surface area contributed by atoms with Crippen molar-refractivity contribution in [2.45, 2.75) is 24.5 Å². The third-order valence-electron chi connectivity index (χ3n) is 6.45. The van der Waals surface area contributed by atoms with Crippen LogP contribution in [0.2, 0.25) is 0 Å². The Kier molecular flexibility index (Phi) is 5.34. The lowest BCUT2D eigenvalue weighted by Gasteiger charge is -2.45. The molecule has 2 saturated heterocycles. The second kappa shape index (κ2) is 7.84. The number of nitrogens with two attached hydrogens (primary N) is 1. The van der Waals surface area contributed by atoms with E-state index in [1.807, 2.05) is 30.3 Å². The molecule has 4 rings (SSSR count). The van der Waals surface area contributed by atoms with Crippen LogP contribution >= 0.6 is 11.3 Å². The molecule has 0 aliphatic carbocycles. The number of likely N-dealkylation sites (tertiary alicyclic amines) is 2. The summed E-state index contributed by atoms with van der Waals surface area (Å²) in [5.74, 6) is -1.82. The Morgan fingerprint density at radius 1 is 1.23 bits per heavy atom. The minimum absolute atomic E-state index is 0.0653. The Hall–Kier alpha value is -3.14. The molecule has 1 aromatic carbocycles. The number of amides is 4. The number of piperidine rings is 1. The molecule has 0 unspecified atom stereocenters. The van der Waals surface area contributed by atoms with E-state index in [-0.39, 0.29) is 5.91 Å². The van der Waals surface area contributed by atoms with Crippen LogP contribution in [-0.2, 0) is 14.3 Å². The normalized spacial score (nSPS) is 22.7.